The van der Waals surface area contributed by atoms with Crippen LogP contribution >= 0.6 is 0 Å². The van der Waals surface area contributed by atoms with Gasteiger partial charge in [0.15, 0.2) is 0 Å². The van der Waals surface area contributed by atoms with Crippen molar-refractivity contribution >= 4 is 0 Å². The summed E-state index contributed by atoms with van der Waals surface area (Å²) in [5.74, 6) is 0. The van der Waals surface area contributed by atoms with Gasteiger partial charge in [-0.3, -0.25) is 0 Å². The summed E-state index contributed by atoms with van der Waals surface area (Å²) in [5.41, 5.74) is 0. The Morgan fingerprint density at radius 3 is 2.28 bits per heavy atom. The molecule has 1 fully saturated rings. The van der Waals surface area contributed by atoms with Crippen LogP contribution in [-0.4, -0.2) is 37.1 Å². The molecule has 1 aliphatic heterocycles. The number of hydrogen-bond donors (Lipinski definition) is 1. The Bertz CT molecular complexity index is 174. The van der Waals surface area contributed by atoms with E-state index in [1.807, 2.05) is 0 Å². The molecular weight excluding hydrogens is 220 g/mol. The maximum absolute atomic E-state index is 3.66. The molecule has 1 heterocycles. The predicted molar refractivity (Wildman–Crippen MR) is 81.1 cm³/mol. The fourth-order valence-corrected chi connectivity index (χ4v) is 2.90. The van der Waals surface area contributed by atoms with Crippen LogP contribution < -0.4 is 5.32 Å². The van der Waals surface area contributed by atoms with Crippen molar-refractivity contribution in [3.8, 4) is 0 Å². The van der Waals surface area contributed by atoms with Crippen molar-refractivity contribution in [1.29, 1.82) is 0 Å². The SMILES string of the molecule is CCCNC(CC)CCCN1CCCCCCC1. The minimum atomic E-state index is 0.750. The van der Waals surface area contributed by atoms with Crippen LogP contribution in [0.1, 0.15) is 71.6 Å². The molecule has 0 aromatic heterocycles. The topological polar surface area (TPSA) is 15.3 Å². The standard InChI is InChI=1S/C16H34N2/c1-3-12-17-16(4-2)11-10-15-18-13-8-6-5-7-9-14-18/h16-17H,3-15H2,1-2H3. The van der Waals surface area contributed by atoms with E-state index in [1.54, 1.807) is 0 Å². The van der Waals surface area contributed by atoms with Gasteiger partial charge in [0, 0.05) is 6.04 Å². The number of rotatable bonds is 8. The van der Waals surface area contributed by atoms with E-state index >= 15 is 0 Å². The van der Waals surface area contributed by atoms with Gasteiger partial charge in [-0.05, 0) is 64.7 Å². The van der Waals surface area contributed by atoms with Crippen molar-refractivity contribution in [3.63, 3.8) is 0 Å². The van der Waals surface area contributed by atoms with Crippen molar-refractivity contribution < 1.29 is 0 Å². The molecule has 0 aromatic carbocycles. The largest absolute Gasteiger partial charge is 0.314 e. The molecule has 0 amide bonds. The van der Waals surface area contributed by atoms with Crippen LogP contribution in [0.4, 0.5) is 0 Å². The summed E-state index contributed by atoms with van der Waals surface area (Å²) in [6.45, 7) is 9.76. The first-order chi connectivity index (χ1) is 8.86. The lowest BCUT2D eigenvalue weighted by molar-refractivity contribution is 0.238. The summed E-state index contributed by atoms with van der Waals surface area (Å²) < 4.78 is 0. The molecule has 0 aliphatic carbocycles. The Labute approximate surface area is 115 Å². The van der Waals surface area contributed by atoms with Crippen LogP contribution in [0.15, 0.2) is 0 Å². The van der Waals surface area contributed by atoms with Crippen molar-refractivity contribution in [2.75, 3.05) is 26.2 Å². The predicted octanol–water partition coefficient (Wildman–Crippen LogP) is 3.81. The summed E-state index contributed by atoms with van der Waals surface area (Å²) in [6.07, 6.45) is 12.5. The molecule has 108 valence electrons. The van der Waals surface area contributed by atoms with Crippen LogP contribution in [0.2, 0.25) is 0 Å². The van der Waals surface area contributed by atoms with E-state index in [2.05, 4.69) is 24.1 Å². The first-order valence-corrected chi connectivity index (χ1v) is 8.32. The van der Waals surface area contributed by atoms with E-state index in [0.717, 1.165) is 6.04 Å². The van der Waals surface area contributed by atoms with Gasteiger partial charge in [-0.15, -0.1) is 0 Å². The molecule has 1 saturated heterocycles. The second-order valence-corrected chi connectivity index (χ2v) is 5.81. The van der Waals surface area contributed by atoms with Crippen molar-refractivity contribution in [2.45, 2.75) is 77.7 Å². The van der Waals surface area contributed by atoms with E-state index < -0.39 is 0 Å². The normalized spacial score (nSPS) is 20.3. The van der Waals surface area contributed by atoms with E-state index in [1.165, 1.54) is 84.0 Å². The van der Waals surface area contributed by atoms with E-state index in [0.29, 0.717) is 0 Å². The van der Waals surface area contributed by atoms with Gasteiger partial charge >= 0.3 is 0 Å². The molecule has 1 aliphatic rings. The Morgan fingerprint density at radius 1 is 1.00 bits per heavy atom. The van der Waals surface area contributed by atoms with Gasteiger partial charge in [0.2, 0.25) is 0 Å². The summed E-state index contributed by atoms with van der Waals surface area (Å²) in [4.78, 5) is 2.70. The van der Waals surface area contributed by atoms with Gasteiger partial charge in [-0.25, -0.2) is 0 Å². The van der Waals surface area contributed by atoms with Crippen molar-refractivity contribution in [2.24, 2.45) is 0 Å². The molecule has 1 N–H and O–H groups in total. The lowest BCUT2D eigenvalue weighted by Gasteiger charge is -2.25. The quantitative estimate of drug-likeness (QED) is 0.708. The third kappa shape index (κ3) is 7.38. The third-order valence-corrected chi connectivity index (χ3v) is 4.15. The molecule has 0 bridgehead atoms. The summed E-state index contributed by atoms with van der Waals surface area (Å²) in [5, 5.41) is 3.66. The molecule has 18 heavy (non-hydrogen) atoms. The molecule has 0 aromatic rings. The molecule has 0 saturated carbocycles. The van der Waals surface area contributed by atoms with E-state index in [4.69, 9.17) is 0 Å². The number of nitrogens with zero attached hydrogens (tertiary/aromatic N) is 1. The van der Waals surface area contributed by atoms with Gasteiger partial charge in [-0.1, -0.05) is 33.1 Å². The lowest BCUT2D eigenvalue weighted by Crippen LogP contribution is -2.32. The summed E-state index contributed by atoms with van der Waals surface area (Å²) >= 11 is 0. The fraction of sp³-hybridized carbons (Fsp3) is 1.00. The second kappa shape index (κ2) is 10.8. The molecule has 0 spiro atoms. The van der Waals surface area contributed by atoms with Crippen LogP contribution in [0.25, 0.3) is 0 Å². The van der Waals surface area contributed by atoms with Gasteiger partial charge in [0.1, 0.15) is 0 Å². The molecule has 2 heteroatoms. The molecule has 1 unspecified atom stereocenters. The van der Waals surface area contributed by atoms with Gasteiger partial charge in [-0.2, -0.15) is 0 Å². The molecule has 2 nitrogen and oxygen atoms in total. The zero-order valence-electron chi connectivity index (χ0n) is 12.7. The highest BCUT2D eigenvalue weighted by Gasteiger charge is 2.09. The maximum Gasteiger partial charge on any atom is 0.00649 e. The van der Waals surface area contributed by atoms with Crippen LogP contribution in [0.3, 0.4) is 0 Å². The highest BCUT2D eigenvalue weighted by atomic mass is 15.1. The smallest absolute Gasteiger partial charge is 0.00649 e. The first-order valence-electron chi connectivity index (χ1n) is 8.32. The third-order valence-electron chi connectivity index (χ3n) is 4.15. The molecular formula is C16H34N2. The Morgan fingerprint density at radius 2 is 1.67 bits per heavy atom. The van der Waals surface area contributed by atoms with Gasteiger partial charge in [0.05, 0.1) is 0 Å². The number of hydrogen-bond acceptors (Lipinski definition) is 2. The molecule has 1 atom stereocenters. The minimum Gasteiger partial charge on any atom is -0.314 e. The average Bonchev–Trinajstić information content (AvgIpc) is 2.35. The number of likely N-dealkylation sites (tertiary alicyclic amines) is 1. The second-order valence-electron chi connectivity index (χ2n) is 5.81. The molecule has 0 radical (unpaired) electrons. The maximum atomic E-state index is 3.66. The zero-order chi connectivity index (χ0) is 13.1. The Kier molecular flexibility index (Phi) is 9.59. The number of nitrogens with one attached hydrogen (secondary N) is 1. The van der Waals surface area contributed by atoms with Crippen LogP contribution in [0.5, 0.6) is 0 Å². The van der Waals surface area contributed by atoms with Crippen LogP contribution in [-0.2, 0) is 0 Å². The Balaban J connectivity index is 2.09. The van der Waals surface area contributed by atoms with Gasteiger partial charge in [0.25, 0.3) is 0 Å². The summed E-state index contributed by atoms with van der Waals surface area (Å²) in [7, 11) is 0. The lowest BCUT2D eigenvalue weighted by atomic mass is 10.1. The fourth-order valence-electron chi connectivity index (χ4n) is 2.90. The summed E-state index contributed by atoms with van der Waals surface area (Å²) in [6, 6.07) is 0.750. The van der Waals surface area contributed by atoms with Crippen molar-refractivity contribution in [3.05, 3.63) is 0 Å². The monoisotopic (exact) mass is 254 g/mol. The Hall–Kier alpha value is -0.0800. The van der Waals surface area contributed by atoms with E-state index in [-0.39, 0.29) is 0 Å². The van der Waals surface area contributed by atoms with Gasteiger partial charge < -0.3 is 10.2 Å². The molecule has 1 rings (SSSR count). The minimum absolute atomic E-state index is 0.750. The first kappa shape index (κ1) is 16.0. The van der Waals surface area contributed by atoms with Crippen LogP contribution in [0, 0.1) is 0 Å². The zero-order valence-corrected chi connectivity index (χ0v) is 12.7. The highest BCUT2D eigenvalue weighted by molar-refractivity contribution is 4.67. The van der Waals surface area contributed by atoms with Crippen molar-refractivity contribution in [1.82, 2.24) is 10.2 Å². The average molecular weight is 254 g/mol. The highest BCUT2D eigenvalue weighted by Crippen LogP contribution is 2.11. The van der Waals surface area contributed by atoms with E-state index in [9.17, 15) is 0 Å².